The lowest BCUT2D eigenvalue weighted by Crippen LogP contribution is -1.78. The second kappa shape index (κ2) is 5.11. The van der Waals surface area contributed by atoms with Gasteiger partial charge in [0.25, 0.3) is 0 Å². The van der Waals surface area contributed by atoms with Crippen LogP contribution in [0.1, 0.15) is 21.7 Å². The first-order valence-corrected chi connectivity index (χ1v) is 5.18. The Balaban J connectivity index is 0.000000381. The zero-order valence-corrected chi connectivity index (χ0v) is 9.74. The summed E-state index contributed by atoms with van der Waals surface area (Å²) >= 11 is 2.17. The first-order valence-electron chi connectivity index (χ1n) is 4.10. The SMILES string of the molecule is CCC.Ic1[nH]nc2nnccc12.[HH]. The quantitative estimate of drug-likeness (QED) is 0.759. The molecule has 2 aromatic rings. The van der Waals surface area contributed by atoms with Crippen LogP contribution in [0.15, 0.2) is 12.3 Å². The fraction of sp³-hybridized carbons (Fsp3) is 0.375. The number of fused-ring (bicyclic) bond motifs is 1. The zero-order valence-electron chi connectivity index (χ0n) is 7.58. The Morgan fingerprint density at radius 1 is 1.54 bits per heavy atom. The molecule has 72 valence electrons. The molecule has 2 rings (SSSR count). The van der Waals surface area contributed by atoms with E-state index in [0.29, 0.717) is 5.65 Å². The maximum absolute atomic E-state index is 3.91. The predicted molar refractivity (Wildman–Crippen MR) is 62.5 cm³/mol. The highest BCUT2D eigenvalue weighted by atomic mass is 127. The molecule has 0 saturated heterocycles. The molecule has 5 heteroatoms. The maximum atomic E-state index is 3.91. The highest BCUT2D eigenvalue weighted by Crippen LogP contribution is 2.12. The average Bonchev–Trinajstić information content (AvgIpc) is 2.50. The molecule has 0 aliphatic rings. The first kappa shape index (κ1) is 10.4. The van der Waals surface area contributed by atoms with Crippen LogP contribution in [-0.2, 0) is 0 Å². The number of hydrogen-bond acceptors (Lipinski definition) is 3. The van der Waals surface area contributed by atoms with E-state index in [2.05, 4.69) is 56.8 Å². The first-order chi connectivity index (χ1) is 6.29. The van der Waals surface area contributed by atoms with Gasteiger partial charge in [0.05, 0.1) is 11.6 Å². The normalized spacial score (nSPS) is 9.46. The number of H-pyrrole nitrogens is 1. The van der Waals surface area contributed by atoms with Crippen LogP contribution in [-0.4, -0.2) is 20.4 Å². The van der Waals surface area contributed by atoms with Gasteiger partial charge in [-0.25, -0.2) is 0 Å². The van der Waals surface area contributed by atoms with Crippen molar-refractivity contribution in [2.45, 2.75) is 20.3 Å². The summed E-state index contributed by atoms with van der Waals surface area (Å²) in [5.74, 6) is 0. The molecule has 4 nitrogen and oxygen atoms in total. The van der Waals surface area contributed by atoms with Crippen molar-refractivity contribution in [2.75, 3.05) is 0 Å². The third-order valence-electron chi connectivity index (χ3n) is 1.20. The Morgan fingerprint density at radius 2 is 2.23 bits per heavy atom. The van der Waals surface area contributed by atoms with Gasteiger partial charge in [-0.2, -0.15) is 10.2 Å². The van der Waals surface area contributed by atoms with E-state index in [9.17, 15) is 0 Å². The molecule has 0 aliphatic heterocycles. The summed E-state index contributed by atoms with van der Waals surface area (Å²) in [4.78, 5) is 0. The minimum atomic E-state index is 0. The lowest BCUT2D eigenvalue weighted by atomic mass is 10.4. The fourth-order valence-electron chi connectivity index (χ4n) is 0.740. The van der Waals surface area contributed by atoms with Gasteiger partial charge in [0.1, 0.15) is 3.70 Å². The highest BCUT2D eigenvalue weighted by Gasteiger charge is 2.00. The highest BCUT2D eigenvalue weighted by molar-refractivity contribution is 14.1. The summed E-state index contributed by atoms with van der Waals surface area (Å²) in [6.45, 7) is 4.25. The monoisotopic (exact) mass is 292 g/mol. The van der Waals surface area contributed by atoms with Crippen LogP contribution in [0.25, 0.3) is 11.0 Å². The summed E-state index contributed by atoms with van der Waals surface area (Å²) in [6.07, 6.45) is 2.90. The Morgan fingerprint density at radius 3 is 2.85 bits per heavy atom. The molecule has 2 heterocycles. The van der Waals surface area contributed by atoms with Gasteiger partial charge in [-0.1, -0.05) is 20.3 Å². The van der Waals surface area contributed by atoms with Crippen molar-refractivity contribution in [1.82, 2.24) is 20.4 Å². The van der Waals surface area contributed by atoms with E-state index in [-0.39, 0.29) is 1.43 Å². The standard InChI is InChI=1S/C5H3IN4.C3H8.H2/c6-4-3-1-2-7-9-5(3)10-8-4;1-3-2;/h1-2H,(H,8,9,10);3H2,1-2H3;1H. The van der Waals surface area contributed by atoms with Crippen LogP contribution in [0.5, 0.6) is 0 Å². The van der Waals surface area contributed by atoms with E-state index in [1.807, 2.05) is 6.07 Å². The molecule has 0 atom stereocenters. The summed E-state index contributed by atoms with van der Waals surface area (Å²) in [5, 5.41) is 15.2. The second-order valence-electron chi connectivity index (χ2n) is 2.51. The van der Waals surface area contributed by atoms with Crippen molar-refractivity contribution >= 4 is 33.6 Å². The number of aromatic amines is 1. The molecule has 0 spiro atoms. The van der Waals surface area contributed by atoms with E-state index < -0.39 is 0 Å². The predicted octanol–water partition coefficient (Wildman–Crippen LogP) is 2.62. The fourth-order valence-corrected chi connectivity index (χ4v) is 1.28. The smallest absolute Gasteiger partial charge is 0.203 e. The molecule has 0 aromatic carbocycles. The molecule has 0 aliphatic carbocycles. The topological polar surface area (TPSA) is 54.5 Å². The Labute approximate surface area is 91.8 Å². The summed E-state index contributed by atoms with van der Waals surface area (Å²) in [6, 6.07) is 1.88. The summed E-state index contributed by atoms with van der Waals surface area (Å²) in [5.41, 5.74) is 0.673. The van der Waals surface area contributed by atoms with Crippen molar-refractivity contribution in [3.8, 4) is 0 Å². The van der Waals surface area contributed by atoms with Gasteiger partial charge in [0.15, 0.2) is 0 Å². The molecule has 0 bridgehead atoms. The van der Waals surface area contributed by atoms with E-state index >= 15 is 0 Å². The molecule has 13 heavy (non-hydrogen) atoms. The lowest BCUT2D eigenvalue weighted by Gasteiger charge is -1.81. The van der Waals surface area contributed by atoms with Crippen LogP contribution in [0.2, 0.25) is 0 Å². The molecule has 1 N–H and O–H groups in total. The Bertz CT molecular complexity index is 376. The van der Waals surface area contributed by atoms with Gasteiger partial charge in [-0.05, 0) is 28.7 Å². The molecular formula is C8H13IN4. The van der Waals surface area contributed by atoms with Crippen LogP contribution in [0.4, 0.5) is 0 Å². The average molecular weight is 292 g/mol. The van der Waals surface area contributed by atoms with Gasteiger partial charge in [0, 0.05) is 1.43 Å². The van der Waals surface area contributed by atoms with Gasteiger partial charge in [-0.15, -0.1) is 5.10 Å². The van der Waals surface area contributed by atoms with Crippen LogP contribution in [0, 0.1) is 3.70 Å². The second-order valence-corrected chi connectivity index (χ2v) is 3.59. The molecule has 0 fully saturated rings. The lowest BCUT2D eigenvalue weighted by molar-refractivity contribution is 1.02. The van der Waals surface area contributed by atoms with Crippen LogP contribution >= 0.6 is 22.6 Å². The van der Waals surface area contributed by atoms with Crippen molar-refractivity contribution in [3.05, 3.63) is 16.0 Å². The third kappa shape index (κ3) is 2.61. The van der Waals surface area contributed by atoms with Gasteiger partial charge >= 0.3 is 0 Å². The number of aromatic nitrogens is 4. The Kier molecular flexibility index (Phi) is 4.07. The number of nitrogens with one attached hydrogen (secondary N) is 1. The molecule has 0 saturated carbocycles. The van der Waals surface area contributed by atoms with Gasteiger partial charge < -0.3 is 0 Å². The van der Waals surface area contributed by atoms with Crippen molar-refractivity contribution in [1.29, 1.82) is 0 Å². The van der Waals surface area contributed by atoms with Gasteiger partial charge in [-0.3, -0.25) is 5.10 Å². The molecule has 0 amide bonds. The number of hydrogen-bond donors (Lipinski definition) is 1. The van der Waals surface area contributed by atoms with Crippen LogP contribution < -0.4 is 0 Å². The molecule has 0 unspecified atom stereocenters. The number of nitrogens with zero attached hydrogens (tertiary/aromatic N) is 3. The van der Waals surface area contributed by atoms with E-state index in [1.165, 1.54) is 6.42 Å². The number of halogens is 1. The third-order valence-corrected chi connectivity index (χ3v) is 2.02. The molecule has 0 radical (unpaired) electrons. The summed E-state index contributed by atoms with van der Waals surface area (Å²) in [7, 11) is 0. The van der Waals surface area contributed by atoms with E-state index in [4.69, 9.17) is 0 Å². The Hall–Kier alpha value is -0.720. The van der Waals surface area contributed by atoms with Crippen molar-refractivity contribution < 1.29 is 1.43 Å². The zero-order chi connectivity index (χ0) is 9.68. The largest absolute Gasteiger partial charge is 0.269 e. The minimum absolute atomic E-state index is 0. The van der Waals surface area contributed by atoms with Crippen molar-refractivity contribution in [2.24, 2.45) is 0 Å². The van der Waals surface area contributed by atoms with Crippen LogP contribution in [0.3, 0.4) is 0 Å². The van der Waals surface area contributed by atoms with Gasteiger partial charge in [0.2, 0.25) is 5.65 Å². The van der Waals surface area contributed by atoms with E-state index in [0.717, 1.165) is 9.09 Å². The minimum Gasteiger partial charge on any atom is -0.269 e. The molecule has 2 aromatic heterocycles. The van der Waals surface area contributed by atoms with Crippen molar-refractivity contribution in [3.63, 3.8) is 0 Å². The molecular weight excluding hydrogens is 279 g/mol. The maximum Gasteiger partial charge on any atom is 0.203 e. The van der Waals surface area contributed by atoms with E-state index in [1.54, 1.807) is 6.20 Å². The number of rotatable bonds is 0. The summed E-state index contributed by atoms with van der Waals surface area (Å²) < 4.78 is 1.00.